The summed E-state index contributed by atoms with van der Waals surface area (Å²) in [5.74, 6) is -2.02. The first-order valence-corrected chi connectivity index (χ1v) is 9.36. The Morgan fingerprint density at radius 3 is 2.79 bits per heavy atom. The fourth-order valence-corrected chi connectivity index (χ4v) is 3.81. The maximum atomic E-state index is 13.8. The lowest BCUT2D eigenvalue weighted by Crippen LogP contribution is -2.56. The van der Waals surface area contributed by atoms with Gasteiger partial charge in [0.05, 0.1) is 25.4 Å². The van der Waals surface area contributed by atoms with Crippen LogP contribution in [0.5, 0.6) is 5.88 Å². The van der Waals surface area contributed by atoms with E-state index in [2.05, 4.69) is 15.0 Å². The summed E-state index contributed by atoms with van der Waals surface area (Å²) in [6.07, 6.45) is 2.53. The maximum absolute atomic E-state index is 13.8. The standard InChI is InChI=1S/C19H22F2N6O2/c1-29-17-3-2-12(7-23-17)14-6-16(25-11-24-14)26-8-13(22)15(9-26)27-10-19(20,21)5-4-18(27)28/h2-3,6-7,11,13,15H,4-5,8-10,22H2,1H3/t13-,15-/m0/s1. The third kappa shape index (κ3) is 3.98. The van der Waals surface area contributed by atoms with Crippen molar-refractivity contribution in [1.82, 2.24) is 19.9 Å². The van der Waals surface area contributed by atoms with Gasteiger partial charge in [-0.1, -0.05) is 0 Å². The van der Waals surface area contributed by atoms with E-state index in [4.69, 9.17) is 10.5 Å². The first kappa shape index (κ1) is 19.4. The van der Waals surface area contributed by atoms with Gasteiger partial charge in [-0.15, -0.1) is 0 Å². The number of nitrogens with zero attached hydrogens (tertiary/aromatic N) is 5. The van der Waals surface area contributed by atoms with E-state index >= 15 is 0 Å². The van der Waals surface area contributed by atoms with E-state index < -0.39 is 31.0 Å². The van der Waals surface area contributed by atoms with Gasteiger partial charge in [-0.05, 0) is 6.07 Å². The third-order valence-corrected chi connectivity index (χ3v) is 5.38. The topological polar surface area (TPSA) is 97.5 Å². The predicted octanol–water partition coefficient (Wildman–Crippen LogP) is 1.32. The SMILES string of the molecule is COc1ccc(-c2cc(N3C[C@H](N)[C@@H](N4CC(F)(F)CCC4=O)C3)ncn2)cn1. The van der Waals surface area contributed by atoms with Gasteiger partial charge in [0.15, 0.2) is 0 Å². The molecule has 2 N–H and O–H groups in total. The molecule has 0 aromatic carbocycles. The number of halogens is 2. The van der Waals surface area contributed by atoms with Crippen LogP contribution in [-0.4, -0.2) is 70.5 Å². The lowest BCUT2D eigenvalue weighted by atomic mass is 10.0. The van der Waals surface area contributed by atoms with Gasteiger partial charge in [0.2, 0.25) is 11.8 Å². The second-order valence-electron chi connectivity index (χ2n) is 7.36. The minimum absolute atomic E-state index is 0.154. The Kier molecular flexibility index (Phi) is 5.03. The molecule has 0 bridgehead atoms. The summed E-state index contributed by atoms with van der Waals surface area (Å²) < 4.78 is 32.7. The molecule has 2 aliphatic heterocycles. The molecule has 10 heteroatoms. The monoisotopic (exact) mass is 404 g/mol. The Morgan fingerprint density at radius 1 is 1.24 bits per heavy atom. The van der Waals surface area contributed by atoms with Gasteiger partial charge < -0.3 is 20.3 Å². The lowest BCUT2D eigenvalue weighted by molar-refractivity contribution is -0.150. The Hall–Kier alpha value is -2.88. The number of amides is 1. The summed E-state index contributed by atoms with van der Waals surface area (Å²) in [5, 5.41) is 0. The normalized spacial score (nSPS) is 24.1. The fourth-order valence-electron chi connectivity index (χ4n) is 3.81. The number of piperidine rings is 1. The molecule has 0 unspecified atom stereocenters. The highest BCUT2D eigenvalue weighted by atomic mass is 19.3. The van der Waals surface area contributed by atoms with Crippen molar-refractivity contribution in [3.63, 3.8) is 0 Å². The van der Waals surface area contributed by atoms with E-state index in [9.17, 15) is 13.6 Å². The third-order valence-electron chi connectivity index (χ3n) is 5.38. The number of nitrogens with two attached hydrogens (primary N) is 1. The zero-order valence-corrected chi connectivity index (χ0v) is 16.0. The Balaban J connectivity index is 1.53. The first-order chi connectivity index (χ1) is 13.9. The van der Waals surface area contributed by atoms with Crippen LogP contribution in [0, 0.1) is 0 Å². The molecule has 2 fully saturated rings. The summed E-state index contributed by atoms with van der Waals surface area (Å²) in [6.45, 7) is 0.183. The molecule has 2 atom stereocenters. The molecule has 4 rings (SSSR count). The Labute approximate surface area is 166 Å². The van der Waals surface area contributed by atoms with Crippen LogP contribution in [0.2, 0.25) is 0 Å². The fraction of sp³-hybridized carbons (Fsp3) is 0.474. The molecule has 0 aliphatic carbocycles. The van der Waals surface area contributed by atoms with Crippen molar-refractivity contribution in [1.29, 1.82) is 0 Å². The number of ether oxygens (including phenoxy) is 1. The molecule has 2 aliphatic rings. The number of pyridine rings is 1. The van der Waals surface area contributed by atoms with Crippen LogP contribution in [0.4, 0.5) is 14.6 Å². The molecule has 8 nitrogen and oxygen atoms in total. The zero-order valence-electron chi connectivity index (χ0n) is 16.0. The maximum Gasteiger partial charge on any atom is 0.265 e. The molecule has 0 saturated carbocycles. The van der Waals surface area contributed by atoms with Gasteiger partial charge in [-0.25, -0.2) is 23.7 Å². The van der Waals surface area contributed by atoms with Crippen LogP contribution < -0.4 is 15.4 Å². The number of rotatable bonds is 4. The van der Waals surface area contributed by atoms with Crippen LogP contribution >= 0.6 is 0 Å². The number of methoxy groups -OCH3 is 1. The second kappa shape index (κ2) is 7.51. The van der Waals surface area contributed by atoms with Gasteiger partial charge in [-0.2, -0.15) is 0 Å². The van der Waals surface area contributed by atoms with E-state index in [0.29, 0.717) is 30.5 Å². The van der Waals surface area contributed by atoms with Crippen molar-refractivity contribution >= 4 is 11.7 Å². The summed E-state index contributed by atoms with van der Waals surface area (Å²) in [7, 11) is 1.54. The zero-order chi connectivity index (χ0) is 20.6. The molecule has 1 amide bonds. The van der Waals surface area contributed by atoms with Crippen LogP contribution in [0.15, 0.2) is 30.7 Å². The van der Waals surface area contributed by atoms with Crippen molar-refractivity contribution in [2.45, 2.75) is 30.8 Å². The second-order valence-corrected chi connectivity index (χ2v) is 7.36. The lowest BCUT2D eigenvalue weighted by Gasteiger charge is -2.37. The number of alkyl halides is 2. The summed E-state index contributed by atoms with van der Waals surface area (Å²) in [6, 6.07) is 4.46. The van der Waals surface area contributed by atoms with Crippen molar-refractivity contribution in [2.24, 2.45) is 5.73 Å². The number of carbonyl (C=O) groups is 1. The average molecular weight is 404 g/mol. The van der Waals surface area contributed by atoms with E-state index in [1.54, 1.807) is 25.4 Å². The summed E-state index contributed by atoms with van der Waals surface area (Å²) in [4.78, 5) is 28.1. The van der Waals surface area contributed by atoms with Crippen molar-refractivity contribution < 1.29 is 18.3 Å². The Morgan fingerprint density at radius 2 is 2.07 bits per heavy atom. The van der Waals surface area contributed by atoms with E-state index in [1.165, 1.54) is 11.2 Å². The summed E-state index contributed by atoms with van der Waals surface area (Å²) >= 11 is 0. The molecular formula is C19H22F2N6O2. The number of hydrogen-bond donors (Lipinski definition) is 1. The average Bonchev–Trinajstić information content (AvgIpc) is 3.11. The highest BCUT2D eigenvalue weighted by Crippen LogP contribution is 2.31. The van der Waals surface area contributed by atoms with Crippen LogP contribution in [0.25, 0.3) is 11.3 Å². The molecule has 4 heterocycles. The first-order valence-electron chi connectivity index (χ1n) is 9.36. The van der Waals surface area contributed by atoms with E-state index in [-0.39, 0.29) is 12.3 Å². The number of carbonyl (C=O) groups excluding carboxylic acids is 1. The summed E-state index contributed by atoms with van der Waals surface area (Å²) in [5.41, 5.74) is 7.68. The molecule has 0 spiro atoms. The van der Waals surface area contributed by atoms with Crippen LogP contribution in [0.3, 0.4) is 0 Å². The smallest absolute Gasteiger partial charge is 0.265 e. The van der Waals surface area contributed by atoms with Gasteiger partial charge >= 0.3 is 0 Å². The largest absolute Gasteiger partial charge is 0.481 e. The molecule has 29 heavy (non-hydrogen) atoms. The number of aromatic nitrogens is 3. The van der Waals surface area contributed by atoms with Crippen molar-refractivity contribution in [3.8, 4) is 17.1 Å². The molecule has 0 radical (unpaired) electrons. The molecule has 2 aromatic heterocycles. The minimum atomic E-state index is -2.87. The van der Waals surface area contributed by atoms with Gasteiger partial charge in [0, 0.05) is 55.9 Å². The van der Waals surface area contributed by atoms with Gasteiger partial charge in [0.25, 0.3) is 5.92 Å². The van der Waals surface area contributed by atoms with Gasteiger partial charge in [0.1, 0.15) is 12.1 Å². The minimum Gasteiger partial charge on any atom is -0.481 e. The molecule has 2 saturated heterocycles. The van der Waals surface area contributed by atoms with Crippen molar-refractivity contribution in [2.75, 3.05) is 31.6 Å². The van der Waals surface area contributed by atoms with Crippen LogP contribution in [0.1, 0.15) is 12.8 Å². The highest BCUT2D eigenvalue weighted by Gasteiger charge is 2.45. The van der Waals surface area contributed by atoms with Crippen molar-refractivity contribution in [3.05, 3.63) is 30.7 Å². The van der Waals surface area contributed by atoms with Crippen LogP contribution in [-0.2, 0) is 4.79 Å². The predicted molar refractivity (Wildman–Crippen MR) is 102 cm³/mol. The number of likely N-dealkylation sites (tertiary alicyclic amines) is 1. The molecule has 154 valence electrons. The highest BCUT2D eigenvalue weighted by molar-refractivity contribution is 5.78. The molecular weight excluding hydrogens is 382 g/mol. The van der Waals surface area contributed by atoms with Gasteiger partial charge in [-0.3, -0.25) is 4.79 Å². The van der Waals surface area contributed by atoms with E-state index in [0.717, 1.165) is 5.56 Å². The number of anilines is 1. The van der Waals surface area contributed by atoms with E-state index in [1.807, 2.05) is 11.0 Å². The Bertz CT molecular complexity index is 895. The quantitative estimate of drug-likeness (QED) is 0.821. The number of hydrogen-bond acceptors (Lipinski definition) is 7. The molecule has 2 aromatic rings.